The first kappa shape index (κ1) is 14.8. The van der Waals surface area contributed by atoms with E-state index in [1.54, 1.807) is 22.7 Å². The van der Waals surface area contributed by atoms with Crippen molar-refractivity contribution in [1.29, 1.82) is 0 Å². The zero-order valence-corrected chi connectivity index (χ0v) is 14.7. The minimum atomic E-state index is 0.199. The number of hydrogen-bond acceptors (Lipinski definition) is 6. The van der Waals surface area contributed by atoms with E-state index in [0.29, 0.717) is 5.82 Å². The smallest absolute Gasteiger partial charge is 0.142 e. The van der Waals surface area contributed by atoms with E-state index in [1.165, 1.54) is 4.88 Å². The first-order chi connectivity index (χ1) is 9.94. The molecule has 0 atom stereocenters. The minimum Gasteiger partial charge on any atom is -0.383 e. The summed E-state index contributed by atoms with van der Waals surface area (Å²) in [4.78, 5) is 11.4. The quantitative estimate of drug-likeness (QED) is 0.729. The average Bonchev–Trinajstić information content (AvgIpc) is 3.03. The highest BCUT2D eigenvalue weighted by Gasteiger charge is 2.16. The van der Waals surface area contributed by atoms with Crippen molar-refractivity contribution >= 4 is 50.5 Å². The number of nitrogens with two attached hydrogens (primary N) is 1. The molecule has 0 aliphatic heterocycles. The Kier molecular flexibility index (Phi) is 3.94. The fourth-order valence-electron chi connectivity index (χ4n) is 1.97. The van der Waals surface area contributed by atoms with Gasteiger partial charge in [0.15, 0.2) is 0 Å². The molecule has 0 amide bonds. The van der Waals surface area contributed by atoms with Crippen LogP contribution in [0.2, 0.25) is 0 Å². The maximum atomic E-state index is 6.20. The van der Waals surface area contributed by atoms with Crippen molar-refractivity contribution in [3.8, 4) is 10.4 Å². The predicted octanol–water partition coefficient (Wildman–Crippen LogP) is 5.03. The Morgan fingerprint density at radius 2 is 2.05 bits per heavy atom. The van der Waals surface area contributed by atoms with E-state index in [2.05, 4.69) is 53.6 Å². The number of fused-ring (bicyclic) bond motifs is 1. The standard InChI is InChI=1S/C15H17N3S3/c1-15(2,3)21-8-11-17-13(16)12-9(7-20-14(12)18-11)10-5-4-6-19-10/h4-7H,8H2,1-3H3,(H2,16,17,18). The molecule has 0 fully saturated rings. The molecule has 3 nitrogen and oxygen atoms in total. The Morgan fingerprint density at radius 3 is 2.71 bits per heavy atom. The van der Waals surface area contributed by atoms with Crippen LogP contribution in [0.5, 0.6) is 0 Å². The highest BCUT2D eigenvalue weighted by atomic mass is 32.2. The Balaban J connectivity index is 1.99. The molecule has 0 unspecified atom stereocenters. The lowest BCUT2D eigenvalue weighted by atomic mass is 10.2. The van der Waals surface area contributed by atoms with Gasteiger partial charge in [-0.3, -0.25) is 0 Å². The number of thiophene rings is 2. The lowest BCUT2D eigenvalue weighted by molar-refractivity contribution is 0.800. The number of aromatic nitrogens is 2. The number of rotatable bonds is 3. The number of nitrogen functional groups attached to an aromatic ring is 1. The summed E-state index contributed by atoms with van der Waals surface area (Å²) >= 11 is 5.19. The van der Waals surface area contributed by atoms with Gasteiger partial charge in [-0.1, -0.05) is 26.8 Å². The van der Waals surface area contributed by atoms with E-state index in [9.17, 15) is 0 Å². The second kappa shape index (κ2) is 5.59. The molecular weight excluding hydrogens is 318 g/mol. The summed E-state index contributed by atoms with van der Waals surface area (Å²) < 4.78 is 0.199. The average molecular weight is 336 g/mol. The van der Waals surface area contributed by atoms with Gasteiger partial charge in [-0.05, 0) is 11.4 Å². The Labute approximate surface area is 136 Å². The summed E-state index contributed by atoms with van der Waals surface area (Å²) in [6.07, 6.45) is 0. The van der Waals surface area contributed by atoms with Crippen LogP contribution >= 0.6 is 34.4 Å². The fraction of sp³-hybridized carbons (Fsp3) is 0.333. The van der Waals surface area contributed by atoms with Crippen molar-refractivity contribution in [2.24, 2.45) is 0 Å². The van der Waals surface area contributed by atoms with E-state index >= 15 is 0 Å². The molecule has 0 bridgehead atoms. The molecule has 3 heterocycles. The third-order valence-corrected chi connectivity index (χ3v) is 5.97. The molecule has 2 N–H and O–H groups in total. The van der Waals surface area contributed by atoms with E-state index in [-0.39, 0.29) is 4.75 Å². The zero-order valence-electron chi connectivity index (χ0n) is 12.2. The predicted molar refractivity (Wildman–Crippen MR) is 96.2 cm³/mol. The third kappa shape index (κ3) is 3.22. The molecule has 110 valence electrons. The summed E-state index contributed by atoms with van der Waals surface area (Å²) in [6, 6.07) is 4.16. The molecule has 0 radical (unpaired) electrons. The van der Waals surface area contributed by atoms with Crippen LogP contribution in [0.4, 0.5) is 5.82 Å². The topological polar surface area (TPSA) is 51.8 Å². The van der Waals surface area contributed by atoms with Gasteiger partial charge in [-0.25, -0.2) is 9.97 Å². The molecule has 21 heavy (non-hydrogen) atoms. The normalized spacial score (nSPS) is 12.1. The fourth-order valence-corrected chi connectivity index (χ4v) is 4.45. The largest absolute Gasteiger partial charge is 0.383 e. The number of thioether (sulfide) groups is 1. The zero-order chi connectivity index (χ0) is 15.0. The van der Waals surface area contributed by atoms with Gasteiger partial charge in [-0.15, -0.1) is 34.4 Å². The van der Waals surface area contributed by atoms with Crippen molar-refractivity contribution in [1.82, 2.24) is 9.97 Å². The summed E-state index contributed by atoms with van der Waals surface area (Å²) in [6.45, 7) is 6.58. The number of nitrogens with zero attached hydrogens (tertiary/aromatic N) is 2. The highest BCUT2D eigenvalue weighted by Crippen LogP contribution is 2.38. The van der Waals surface area contributed by atoms with Crippen molar-refractivity contribution in [3.63, 3.8) is 0 Å². The molecule has 6 heteroatoms. The highest BCUT2D eigenvalue weighted by molar-refractivity contribution is 7.99. The van der Waals surface area contributed by atoms with Crippen LogP contribution in [0.15, 0.2) is 22.9 Å². The minimum absolute atomic E-state index is 0.199. The molecule has 0 spiro atoms. The number of anilines is 1. The van der Waals surface area contributed by atoms with E-state index in [0.717, 1.165) is 27.4 Å². The maximum Gasteiger partial charge on any atom is 0.142 e. The van der Waals surface area contributed by atoms with E-state index in [4.69, 9.17) is 5.73 Å². The second-order valence-electron chi connectivity index (χ2n) is 5.73. The van der Waals surface area contributed by atoms with Gasteiger partial charge in [0.1, 0.15) is 16.5 Å². The summed E-state index contributed by atoms with van der Waals surface area (Å²) in [5, 5.41) is 5.19. The van der Waals surface area contributed by atoms with Gasteiger partial charge in [0.2, 0.25) is 0 Å². The van der Waals surface area contributed by atoms with Crippen molar-refractivity contribution < 1.29 is 0 Å². The Hall–Kier alpha value is -1.11. The summed E-state index contributed by atoms with van der Waals surface area (Å²) in [5.41, 5.74) is 7.35. The lowest BCUT2D eigenvalue weighted by Crippen LogP contribution is -2.09. The molecular formula is C15H17N3S3. The lowest BCUT2D eigenvalue weighted by Gasteiger charge is -2.16. The van der Waals surface area contributed by atoms with Gasteiger partial charge in [0, 0.05) is 20.6 Å². The van der Waals surface area contributed by atoms with E-state index < -0.39 is 0 Å². The van der Waals surface area contributed by atoms with Gasteiger partial charge >= 0.3 is 0 Å². The molecule has 0 aromatic carbocycles. The molecule has 0 aliphatic carbocycles. The maximum absolute atomic E-state index is 6.20. The van der Waals surface area contributed by atoms with Crippen LogP contribution < -0.4 is 5.73 Å². The monoisotopic (exact) mass is 335 g/mol. The van der Waals surface area contributed by atoms with Crippen LogP contribution in [0.25, 0.3) is 20.7 Å². The third-order valence-electron chi connectivity index (χ3n) is 2.93. The molecule has 3 aromatic rings. The van der Waals surface area contributed by atoms with Crippen LogP contribution in [0.3, 0.4) is 0 Å². The van der Waals surface area contributed by atoms with Gasteiger partial charge in [-0.2, -0.15) is 0 Å². The van der Waals surface area contributed by atoms with Crippen molar-refractivity contribution in [3.05, 3.63) is 28.7 Å². The first-order valence-electron chi connectivity index (χ1n) is 6.65. The van der Waals surface area contributed by atoms with Crippen molar-refractivity contribution in [2.75, 3.05) is 5.73 Å². The summed E-state index contributed by atoms with van der Waals surface area (Å²) in [7, 11) is 0. The molecule has 0 saturated heterocycles. The van der Waals surface area contributed by atoms with Crippen LogP contribution in [0.1, 0.15) is 26.6 Å². The van der Waals surface area contributed by atoms with Crippen molar-refractivity contribution in [2.45, 2.75) is 31.3 Å². The van der Waals surface area contributed by atoms with E-state index in [1.807, 2.05) is 11.8 Å². The van der Waals surface area contributed by atoms with Crippen LogP contribution in [-0.2, 0) is 5.75 Å². The van der Waals surface area contributed by atoms with Crippen LogP contribution in [0, 0.1) is 0 Å². The number of hydrogen-bond donors (Lipinski definition) is 1. The second-order valence-corrected chi connectivity index (χ2v) is 9.34. The molecule has 0 saturated carbocycles. The molecule has 3 rings (SSSR count). The first-order valence-corrected chi connectivity index (χ1v) is 9.40. The van der Waals surface area contributed by atoms with Gasteiger partial charge < -0.3 is 5.73 Å². The molecule has 0 aliphatic rings. The Bertz CT molecular complexity index is 754. The summed E-state index contributed by atoms with van der Waals surface area (Å²) in [5.74, 6) is 2.20. The SMILES string of the molecule is CC(C)(C)SCc1nc(N)c2c(-c3cccs3)csc2n1. The van der Waals surface area contributed by atoms with Gasteiger partial charge in [0.05, 0.1) is 11.1 Å². The van der Waals surface area contributed by atoms with Crippen LogP contribution in [-0.4, -0.2) is 14.7 Å². The Morgan fingerprint density at radius 1 is 1.24 bits per heavy atom. The molecule has 3 aromatic heterocycles. The van der Waals surface area contributed by atoms with Gasteiger partial charge in [0.25, 0.3) is 0 Å².